The topological polar surface area (TPSA) is 210 Å². The van der Waals surface area contributed by atoms with Gasteiger partial charge in [-0.3, -0.25) is 24.9 Å². The maximum absolute atomic E-state index is 13.2. The lowest BCUT2D eigenvalue weighted by Crippen LogP contribution is -2.71. The molecule has 0 spiro atoms. The van der Waals surface area contributed by atoms with Crippen molar-refractivity contribution in [1.29, 1.82) is 5.41 Å². The van der Waals surface area contributed by atoms with E-state index in [9.17, 15) is 19.5 Å². The number of carbonyl (C=O) groups is 3. The first kappa shape index (κ1) is 26.4. The average Bonchev–Trinajstić information content (AvgIpc) is 3.28. The van der Waals surface area contributed by atoms with E-state index in [0.29, 0.717) is 11.4 Å². The summed E-state index contributed by atoms with van der Waals surface area (Å²) in [6.45, 7) is 2.54. The van der Waals surface area contributed by atoms with E-state index in [2.05, 4.69) is 20.4 Å². The zero-order valence-corrected chi connectivity index (χ0v) is 21.9. The van der Waals surface area contributed by atoms with Gasteiger partial charge in [-0.25, -0.2) is 9.78 Å². The van der Waals surface area contributed by atoms with Crippen molar-refractivity contribution in [3.8, 4) is 0 Å². The maximum atomic E-state index is 13.2. The molecule has 194 valence electrons. The minimum Gasteiger partial charge on any atom is -0.478 e. The molecule has 2 aromatic rings. The number of nitrogen functional groups attached to an aromatic ring is 1. The van der Waals surface area contributed by atoms with E-state index in [0.717, 1.165) is 21.1 Å². The van der Waals surface area contributed by atoms with Gasteiger partial charge in [-0.15, -0.1) is 23.1 Å². The molecule has 16 heteroatoms. The van der Waals surface area contributed by atoms with E-state index >= 15 is 0 Å². The van der Waals surface area contributed by atoms with Gasteiger partial charge in [0.1, 0.15) is 22.9 Å². The van der Waals surface area contributed by atoms with Crippen LogP contribution in [0.3, 0.4) is 0 Å². The second kappa shape index (κ2) is 10.4. The third-order valence-corrected chi connectivity index (χ3v) is 8.45. The van der Waals surface area contributed by atoms with Crippen molar-refractivity contribution in [2.75, 3.05) is 11.5 Å². The standard InChI is InChI=1S/C21H22N8O5S3/c1-21(2,19(32)33)34-28-12(10-7-36-20(24)26-10)16(30)27-13-17(31)29-14(15(22)23)11(8-35-18(13)29)37-9-3-5-25-6-4-9/h3-7,13,18H,8H2,1-2H3,(H3,22,23)(H2,24,26)(H,27,30)(H,32,33)/b28-12-. The Balaban J connectivity index is 1.55. The average molecular weight is 563 g/mol. The number of nitrogens with one attached hydrogen (secondary N) is 2. The Bertz CT molecular complexity index is 1330. The summed E-state index contributed by atoms with van der Waals surface area (Å²) in [4.78, 5) is 53.8. The third kappa shape index (κ3) is 5.40. The van der Waals surface area contributed by atoms with Crippen molar-refractivity contribution in [2.45, 2.75) is 35.8 Å². The van der Waals surface area contributed by atoms with E-state index < -0.39 is 34.8 Å². The molecule has 0 radical (unpaired) electrons. The number of pyridine rings is 1. The minimum absolute atomic E-state index is 0.0708. The molecule has 2 aliphatic rings. The number of anilines is 1. The molecular weight excluding hydrogens is 540 g/mol. The number of thioether (sulfide) groups is 2. The predicted molar refractivity (Wildman–Crippen MR) is 140 cm³/mol. The quantitative estimate of drug-likeness (QED) is 0.126. The smallest absolute Gasteiger partial charge is 0.350 e. The van der Waals surface area contributed by atoms with Crippen LogP contribution in [0.25, 0.3) is 0 Å². The van der Waals surface area contributed by atoms with Crippen molar-refractivity contribution >= 4 is 69.3 Å². The molecular formula is C21H22N8O5S3. The Kier molecular flexibility index (Phi) is 7.42. The van der Waals surface area contributed by atoms with Gasteiger partial charge in [0.15, 0.2) is 10.8 Å². The number of hydrogen-bond donors (Lipinski definition) is 5. The van der Waals surface area contributed by atoms with Crippen LogP contribution < -0.4 is 16.8 Å². The monoisotopic (exact) mass is 562 g/mol. The van der Waals surface area contributed by atoms with Gasteiger partial charge in [-0.2, -0.15) is 0 Å². The van der Waals surface area contributed by atoms with Gasteiger partial charge >= 0.3 is 5.97 Å². The molecule has 2 unspecified atom stereocenters. The molecule has 7 N–H and O–H groups in total. The highest BCUT2D eigenvalue weighted by molar-refractivity contribution is 8.06. The highest BCUT2D eigenvalue weighted by Gasteiger charge is 2.53. The molecule has 0 bridgehead atoms. The first-order valence-electron chi connectivity index (χ1n) is 10.6. The molecule has 1 fully saturated rings. The van der Waals surface area contributed by atoms with Gasteiger partial charge in [-0.1, -0.05) is 16.9 Å². The summed E-state index contributed by atoms with van der Waals surface area (Å²) in [5, 5.41) is 24.9. The second-order valence-corrected chi connectivity index (χ2v) is 11.4. The van der Waals surface area contributed by atoms with Crippen molar-refractivity contribution in [3.05, 3.63) is 46.2 Å². The summed E-state index contributed by atoms with van der Waals surface area (Å²) in [6.07, 6.45) is 3.29. The molecule has 2 amide bonds. The van der Waals surface area contributed by atoms with E-state index in [4.69, 9.17) is 21.7 Å². The third-order valence-electron chi connectivity index (χ3n) is 5.23. The number of aromatic nitrogens is 2. The summed E-state index contributed by atoms with van der Waals surface area (Å²) in [5.41, 5.74) is 9.85. The Labute approximate surface area is 223 Å². The fourth-order valence-electron chi connectivity index (χ4n) is 3.28. The van der Waals surface area contributed by atoms with Crippen molar-refractivity contribution in [1.82, 2.24) is 20.2 Å². The number of nitrogens with zero attached hydrogens (tertiary/aromatic N) is 4. The van der Waals surface area contributed by atoms with Crippen LogP contribution >= 0.6 is 34.9 Å². The van der Waals surface area contributed by atoms with E-state index in [-0.39, 0.29) is 22.4 Å². The van der Waals surface area contributed by atoms with Gasteiger partial charge in [0.25, 0.3) is 11.8 Å². The van der Waals surface area contributed by atoms with E-state index in [1.54, 1.807) is 12.4 Å². The Morgan fingerprint density at radius 3 is 2.68 bits per heavy atom. The maximum Gasteiger partial charge on any atom is 0.350 e. The van der Waals surface area contributed by atoms with Crippen molar-refractivity contribution < 1.29 is 24.3 Å². The number of carboxylic acid groups (broad SMARTS) is 1. The fourth-order valence-corrected chi connectivity index (χ4v) is 6.31. The lowest BCUT2D eigenvalue weighted by Gasteiger charge is -2.50. The van der Waals surface area contributed by atoms with Crippen LogP contribution in [0.2, 0.25) is 0 Å². The first-order chi connectivity index (χ1) is 17.5. The van der Waals surface area contributed by atoms with Gasteiger partial charge in [0.05, 0.1) is 5.70 Å². The molecule has 0 aromatic carbocycles. The zero-order chi connectivity index (χ0) is 26.9. The Morgan fingerprint density at radius 2 is 2.08 bits per heavy atom. The normalized spacial score (nSPS) is 19.7. The summed E-state index contributed by atoms with van der Waals surface area (Å²) in [6, 6.07) is 2.69. The number of aliphatic carboxylic acids is 1. The SMILES string of the molecule is CC(C)(O/N=C(\C(=O)NC1C(=O)N2C(C(=N)N)=C(Sc3ccncc3)CSC12)c1csc(N)n1)C(=O)O. The van der Waals surface area contributed by atoms with Crippen LogP contribution in [-0.4, -0.2) is 72.1 Å². The van der Waals surface area contributed by atoms with Crippen molar-refractivity contribution in [3.63, 3.8) is 0 Å². The van der Waals surface area contributed by atoms with E-state index in [1.807, 2.05) is 12.1 Å². The molecule has 4 rings (SSSR count). The lowest BCUT2D eigenvalue weighted by atomic mass is 10.0. The number of amides is 2. The van der Waals surface area contributed by atoms with Gasteiger partial charge in [-0.05, 0) is 26.0 Å². The molecule has 0 saturated carbocycles. The number of β-lactam (4-membered cyclic amide) rings is 1. The molecule has 0 aliphatic carbocycles. The number of nitrogens with two attached hydrogens (primary N) is 2. The van der Waals surface area contributed by atoms with Crippen LogP contribution in [0.4, 0.5) is 5.13 Å². The largest absolute Gasteiger partial charge is 0.478 e. The minimum atomic E-state index is -1.72. The number of oxime groups is 1. The molecule has 4 heterocycles. The van der Waals surface area contributed by atoms with Crippen molar-refractivity contribution in [2.24, 2.45) is 10.9 Å². The van der Waals surface area contributed by atoms with Crippen LogP contribution in [0.5, 0.6) is 0 Å². The zero-order valence-electron chi connectivity index (χ0n) is 19.5. The molecule has 37 heavy (non-hydrogen) atoms. The molecule has 13 nitrogen and oxygen atoms in total. The van der Waals surface area contributed by atoms with E-state index in [1.165, 1.54) is 47.7 Å². The summed E-state index contributed by atoms with van der Waals surface area (Å²) < 4.78 is 0. The molecule has 1 saturated heterocycles. The van der Waals surface area contributed by atoms with Crippen LogP contribution in [0.15, 0.2) is 50.6 Å². The highest BCUT2D eigenvalue weighted by Crippen LogP contribution is 2.44. The van der Waals surface area contributed by atoms with Gasteiger partial charge < -0.3 is 26.7 Å². The summed E-state index contributed by atoms with van der Waals surface area (Å²) >= 11 is 3.85. The number of carboxylic acids is 1. The van der Waals surface area contributed by atoms with Gasteiger partial charge in [0.2, 0.25) is 5.60 Å². The highest BCUT2D eigenvalue weighted by atomic mass is 32.2. The lowest BCUT2D eigenvalue weighted by molar-refractivity contribution is -0.161. The number of hydrogen-bond acceptors (Lipinski definition) is 12. The Hall–Kier alpha value is -3.63. The second-order valence-electron chi connectivity index (χ2n) is 8.25. The Morgan fingerprint density at radius 1 is 1.38 bits per heavy atom. The number of amidine groups is 1. The fraction of sp³-hybridized carbons (Fsp3) is 0.286. The summed E-state index contributed by atoms with van der Waals surface area (Å²) in [7, 11) is 0. The number of thiazole rings is 1. The summed E-state index contributed by atoms with van der Waals surface area (Å²) in [5.74, 6) is -2.34. The number of carbonyl (C=O) groups excluding carboxylic acids is 2. The molecule has 2 aromatic heterocycles. The molecule has 2 aliphatic heterocycles. The number of rotatable bonds is 9. The van der Waals surface area contributed by atoms with Crippen LogP contribution in [0, 0.1) is 5.41 Å². The predicted octanol–water partition coefficient (Wildman–Crippen LogP) is 1.04. The molecule has 2 atom stereocenters. The van der Waals surface area contributed by atoms with Crippen LogP contribution in [-0.2, 0) is 19.2 Å². The first-order valence-corrected chi connectivity index (χ1v) is 13.4. The van der Waals surface area contributed by atoms with Crippen LogP contribution in [0.1, 0.15) is 19.5 Å². The van der Waals surface area contributed by atoms with Gasteiger partial charge in [0, 0.05) is 33.3 Å². The number of fused-ring (bicyclic) bond motifs is 1.